The van der Waals surface area contributed by atoms with Crippen molar-refractivity contribution in [2.75, 3.05) is 0 Å². The lowest BCUT2D eigenvalue weighted by molar-refractivity contribution is -0.189. The second kappa shape index (κ2) is 6.01. The third-order valence-electron chi connectivity index (χ3n) is 4.41. The lowest BCUT2D eigenvalue weighted by atomic mass is 10.0. The van der Waals surface area contributed by atoms with Gasteiger partial charge in [0.2, 0.25) is 0 Å². The maximum Gasteiger partial charge on any atom is 0.425 e. The fourth-order valence-electron chi connectivity index (χ4n) is 2.90. The van der Waals surface area contributed by atoms with Gasteiger partial charge < -0.3 is 20.1 Å². The summed E-state index contributed by atoms with van der Waals surface area (Å²) in [5.41, 5.74) is 4.51. The molecule has 1 aromatic heterocycles. The summed E-state index contributed by atoms with van der Waals surface area (Å²) in [5, 5.41) is 10.3. The van der Waals surface area contributed by atoms with Crippen LogP contribution in [0.4, 0.5) is 13.2 Å². The lowest BCUT2D eigenvalue weighted by Gasteiger charge is -2.21. The van der Waals surface area contributed by atoms with Crippen LogP contribution in [0.1, 0.15) is 36.5 Å². The molecule has 0 aliphatic carbocycles. The summed E-state index contributed by atoms with van der Waals surface area (Å²) in [4.78, 5) is 16.0. The van der Waals surface area contributed by atoms with Gasteiger partial charge in [-0.1, -0.05) is 6.07 Å². The number of fused-ring (bicyclic) bond motifs is 1. The number of para-hydroxylation sites is 1. The minimum Gasteiger partial charge on any atom is -0.480 e. The predicted molar refractivity (Wildman–Crippen MR) is 86.5 cm³/mol. The molecule has 1 aliphatic rings. The Labute approximate surface area is 147 Å². The molecule has 1 amide bonds. The SMILES string of the molecule is C[C@H](Oc1c(C(N)=O)cccc1-c1cn2c(n1)[C@](C)(O)CC2)C(F)(F)F. The summed E-state index contributed by atoms with van der Waals surface area (Å²) < 4.78 is 45.6. The van der Waals surface area contributed by atoms with E-state index in [1.807, 2.05) is 0 Å². The molecule has 0 fully saturated rings. The number of nitrogens with zero attached hydrogens (tertiary/aromatic N) is 2. The van der Waals surface area contributed by atoms with Crippen LogP contribution in [-0.4, -0.2) is 32.8 Å². The van der Waals surface area contributed by atoms with Gasteiger partial charge in [-0.3, -0.25) is 4.79 Å². The maximum absolute atomic E-state index is 12.9. The van der Waals surface area contributed by atoms with Gasteiger partial charge in [-0.25, -0.2) is 4.98 Å². The molecule has 1 aliphatic heterocycles. The van der Waals surface area contributed by atoms with Gasteiger partial charge in [0.15, 0.2) is 6.10 Å². The molecule has 2 atom stereocenters. The molecular weight excluding hydrogens is 351 g/mol. The number of hydrogen-bond acceptors (Lipinski definition) is 4. The number of halogens is 3. The van der Waals surface area contributed by atoms with E-state index in [0.29, 0.717) is 24.5 Å². The van der Waals surface area contributed by atoms with Crippen LogP contribution >= 0.6 is 0 Å². The van der Waals surface area contributed by atoms with Crippen LogP contribution in [0.15, 0.2) is 24.4 Å². The third kappa shape index (κ3) is 3.14. The number of benzene rings is 1. The van der Waals surface area contributed by atoms with Gasteiger partial charge in [0.05, 0.1) is 11.3 Å². The molecule has 26 heavy (non-hydrogen) atoms. The first kappa shape index (κ1) is 18.2. The summed E-state index contributed by atoms with van der Waals surface area (Å²) in [5.74, 6) is -0.775. The number of alkyl halides is 3. The Morgan fingerprint density at radius 1 is 1.46 bits per heavy atom. The van der Waals surface area contributed by atoms with Crippen molar-refractivity contribution in [3.05, 3.63) is 35.8 Å². The van der Waals surface area contributed by atoms with E-state index in [4.69, 9.17) is 10.5 Å². The summed E-state index contributed by atoms with van der Waals surface area (Å²) in [6.07, 6.45) is -4.64. The molecule has 0 unspecified atom stereocenters. The molecule has 0 saturated carbocycles. The summed E-state index contributed by atoms with van der Waals surface area (Å²) >= 11 is 0. The highest BCUT2D eigenvalue weighted by Crippen LogP contribution is 2.39. The second-order valence-electron chi connectivity index (χ2n) is 6.52. The van der Waals surface area contributed by atoms with Gasteiger partial charge in [0.1, 0.15) is 17.2 Å². The zero-order valence-corrected chi connectivity index (χ0v) is 14.2. The van der Waals surface area contributed by atoms with Gasteiger partial charge in [-0.15, -0.1) is 0 Å². The van der Waals surface area contributed by atoms with Gasteiger partial charge in [-0.05, 0) is 26.0 Å². The van der Waals surface area contributed by atoms with E-state index in [0.717, 1.165) is 6.92 Å². The van der Waals surface area contributed by atoms with Crippen molar-refractivity contribution in [3.63, 3.8) is 0 Å². The fourth-order valence-corrected chi connectivity index (χ4v) is 2.90. The average Bonchev–Trinajstić information content (AvgIpc) is 3.07. The van der Waals surface area contributed by atoms with Crippen LogP contribution < -0.4 is 10.5 Å². The number of amides is 1. The number of aryl methyl sites for hydroxylation is 1. The van der Waals surface area contributed by atoms with Crippen molar-refractivity contribution < 1.29 is 27.8 Å². The van der Waals surface area contributed by atoms with E-state index >= 15 is 0 Å². The average molecular weight is 369 g/mol. The number of imidazole rings is 1. The van der Waals surface area contributed by atoms with E-state index in [-0.39, 0.29) is 16.9 Å². The van der Waals surface area contributed by atoms with E-state index in [1.165, 1.54) is 18.2 Å². The zero-order valence-electron chi connectivity index (χ0n) is 14.2. The predicted octanol–water partition coefficient (Wildman–Crippen LogP) is 2.59. The van der Waals surface area contributed by atoms with E-state index in [9.17, 15) is 23.1 Å². The smallest absolute Gasteiger partial charge is 0.425 e. The Bertz CT molecular complexity index is 859. The summed E-state index contributed by atoms with van der Waals surface area (Å²) in [6, 6.07) is 4.28. The van der Waals surface area contributed by atoms with Crippen molar-refractivity contribution in [2.24, 2.45) is 5.73 Å². The molecule has 0 spiro atoms. The molecule has 6 nitrogen and oxygen atoms in total. The molecule has 2 aromatic rings. The number of aliphatic hydroxyl groups is 1. The second-order valence-corrected chi connectivity index (χ2v) is 6.52. The van der Waals surface area contributed by atoms with Crippen LogP contribution in [-0.2, 0) is 12.1 Å². The largest absolute Gasteiger partial charge is 0.480 e. The normalized spacial score (nSPS) is 20.7. The highest BCUT2D eigenvalue weighted by atomic mass is 19.4. The summed E-state index contributed by atoms with van der Waals surface area (Å²) in [6.45, 7) is 2.99. The van der Waals surface area contributed by atoms with E-state index < -0.39 is 23.8 Å². The first-order valence-electron chi connectivity index (χ1n) is 7.97. The van der Waals surface area contributed by atoms with Crippen molar-refractivity contribution in [3.8, 4) is 17.0 Å². The number of nitrogens with two attached hydrogens (primary N) is 1. The van der Waals surface area contributed by atoms with Crippen molar-refractivity contribution in [2.45, 2.75) is 44.7 Å². The van der Waals surface area contributed by atoms with Crippen LogP contribution in [0.2, 0.25) is 0 Å². The Balaban J connectivity index is 2.11. The van der Waals surface area contributed by atoms with E-state index in [2.05, 4.69) is 4.98 Å². The topological polar surface area (TPSA) is 90.4 Å². The first-order chi connectivity index (χ1) is 12.0. The molecular formula is C17H18F3N3O3. The Morgan fingerprint density at radius 2 is 2.15 bits per heavy atom. The van der Waals surface area contributed by atoms with Crippen LogP contribution in [0.25, 0.3) is 11.3 Å². The highest BCUT2D eigenvalue weighted by Gasteiger charge is 2.40. The molecule has 0 bridgehead atoms. The number of ether oxygens (including phenoxy) is 1. The van der Waals surface area contributed by atoms with Crippen LogP contribution in [0.5, 0.6) is 5.75 Å². The molecule has 2 heterocycles. The molecule has 3 rings (SSSR count). The van der Waals surface area contributed by atoms with E-state index in [1.54, 1.807) is 17.7 Å². The van der Waals surface area contributed by atoms with Crippen molar-refractivity contribution in [1.82, 2.24) is 9.55 Å². The van der Waals surface area contributed by atoms with Gasteiger partial charge in [0.25, 0.3) is 5.91 Å². The third-order valence-corrected chi connectivity index (χ3v) is 4.41. The Morgan fingerprint density at radius 3 is 2.73 bits per heavy atom. The minimum absolute atomic E-state index is 0.168. The lowest BCUT2D eigenvalue weighted by Crippen LogP contribution is -2.32. The molecule has 3 N–H and O–H groups in total. The quantitative estimate of drug-likeness (QED) is 0.867. The van der Waals surface area contributed by atoms with Crippen molar-refractivity contribution >= 4 is 5.91 Å². The first-order valence-corrected chi connectivity index (χ1v) is 7.97. The Kier molecular flexibility index (Phi) is 4.22. The molecule has 140 valence electrons. The van der Waals surface area contributed by atoms with Crippen LogP contribution in [0, 0.1) is 0 Å². The fraction of sp³-hybridized carbons (Fsp3) is 0.412. The number of hydrogen-bond donors (Lipinski definition) is 2. The molecule has 0 saturated heterocycles. The number of aromatic nitrogens is 2. The number of rotatable bonds is 4. The summed E-state index contributed by atoms with van der Waals surface area (Å²) in [7, 11) is 0. The standard InChI is InChI=1S/C17H18F3N3O3/c1-9(17(18,19)20)26-13-10(4-3-5-11(13)14(21)24)12-8-23-7-6-16(2,25)15(23)22-12/h3-5,8-9,25H,6-7H2,1-2H3,(H2,21,24)/t9-,16+/m0/s1. The van der Waals surface area contributed by atoms with Gasteiger partial charge in [-0.2, -0.15) is 13.2 Å². The number of carbonyl (C=O) groups excluding carboxylic acids is 1. The number of carbonyl (C=O) groups is 1. The van der Waals surface area contributed by atoms with Crippen LogP contribution in [0.3, 0.4) is 0 Å². The maximum atomic E-state index is 12.9. The monoisotopic (exact) mass is 369 g/mol. The number of primary amides is 1. The Hall–Kier alpha value is -2.55. The minimum atomic E-state index is -4.61. The molecule has 0 radical (unpaired) electrons. The highest BCUT2D eigenvalue weighted by molar-refractivity contribution is 5.98. The molecule has 1 aromatic carbocycles. The van der Waals surface area contributed by atoms with Gasteiger partial charge in [0, 0.05) is 24.7 Å². The zero-order chi connectivity index (χ0) is 19.3. The van der Waals surface area contributed by atoms with Gasteiger partial charge >= 0.3 is 6.18 Å². The van der Waals surface area contributed by atoms with Crippen molar-refractivity contribution in [1.29, 1.82) is 0 Å². The molecule has 9 heteroatoms.